The molecule has 0 spiro atoms. The summed E-state index contributed by atoms with van der Waals surface area (Å²) in [6.45, 7) is 0. The number of hydrogen-bond donors (Lipinski definition) is 1. The van der Waals surface area contributed by atoms with Gasteiger partial charge in [-0.15, -0.1) is 0 Å². The Morgan fingerprint density at radius 1 is 1.41 bits per heavy atom. The molecule has 0 bridgehead atoms. The molecular formula is C14H17FN2. The van der Waals surface area contributed by atoms with E-state index in [1.807, 2.05) is 17.7 Å². The average molecular weight is 232 g/mol. The van der Waals surface area contributed by atoms with E-state index in [1.165, 1.54) is 11.8 Å². The number of nitrogens with zero attached hydrogens (tertiary/aromatic N) is 1. The van der Waals surface area contributed by atoms with E-state index >= 15 is 0 Å². The first-order valence-electron chi connectivity index (χ1n) is 6.11. The highest BCUT2D eigenvalue weighted by molar-refractivity contribution is 5.81. The van der Waals surface area contributed by atoms with Crippen LogP contribution in [-0.4, -0.2) is 10.1 Å². The van der Waals surface area contributed by atoms with Gasteiger partial charge in [-0.3, -0.25) is 0 Å². The fourth-order valence-corrected chi connectivity index (χ4v) is 2.45. The van der Waals surface area contributed by atoms with Gasteiger partial charge >= 0.3 is 0 Å². The summed E-state index contributed by atoms with van der Waals surface area (Å²) in [5.41, 5.74) is 8.02. The van der Waals surface area contributed by atoms with E-state index < -0.39 is 0 Å². The zero-order valence-corrected chi connectivity index (χ0v) is 10.0. The predicted molar refractivity (Wildman–Crippen MR) is 67.4 cm³/mol. The molecule has 0 unspecified atom stereocenters. The van der Waals surface area contributed by atoms with Gasteiger partial charge in [-0.25, -0.2) is 4.39 Å². The van der Waals surface area contributed by atoms with Gasteiger partial charge in [0.1, 0.15) is 5.82 Å². The van der Waals surface area contributed by atoms with Gasteiger partial charge in [0.05, 0.1) is 5.52 Å². The molecule has 1 aliphatic carbocycles. The molecule has 0 atom stereocenters. The lowest BCUT2D eigenvalue weighted by molar-refractivity contribution is 0.592. The van der Waals surface area contributed by atoms with Crippen molar-refractivity contribution in [1.29, 1.82) is 0 Å². The second kappa shape index (κ2) is 3.57. The zero-order valence-electron chi connectivity index (χ0n) is 10.0. The highest BCUT2D eigenvalue weighted by Gasteiger charge is 2.37. The number of halogens is 1. The molecule has 2 nitrogen and oxygen atoms in total. The van der Waals surface area contributed by atoms with Crippen LogP contribution in [0.3, 0.4) is 0 Å². The molecule has 2 aromatic rings. The Labute approximate surface area is 100 Å². The van der Waals surface area contributed by atoms with Gasteiger partial charge in [0.25, 0.3) is 0 Å². The normalized spacial score (nSPS) is 17.6. The maximum absolute atomic E-state index is 13.7. The number of fused-ring (bicyclic) bond motifs is 1. The molecule has 90 valence electrons. The van der Waals surface area contributed by atoms with Gasteiger partial charge in [0.15, 0.2) is 0 Å². The summed E-state index contributed by atoms with van der Waals surface area (Å²) in [5.74, 6) is -0.148. The highest BCUT2D eigenvalue weighted by atomic mass is 19.1. The van der Waals surface area contributed by atoms with Crippen molar-refractivity contribution in [2.45, 2.75) is 31.2 Å². The minimum Gasteiger partial charge on any atom is -0.345 e. The molecule has 0 radical (unpaired) electrons. The van der Waals surface area contributed by atoms with Crippen LogP contribution >= 0.6 is 0 Å². The van der Waals surface area contributed by atoms with Crippen molar-refractivity contribution in [2.75, 3.05) is 0 Å². The Bertz CT molecular complexity index is 567. The van der Waals surface area contributed by atoms with E-state index in [2.05, 4.69) is 6.07 Å². The van der Waals surface area contributed by atoms with Crippen molar-refractivity contribution in [3.63, 3.8) is 0 Å². The fraction of sp³-hybridized carbons (Fsp3) is 0.429. The van der Waals surface area contributed by atoms with Crippen molar-refractivity contribution >= 4 is 10.9 Å². The van der Waals surface area contributed by atoms with Crippen LogP contribution in [0.2, 0.25) is 0 Å². The molecule has 1 aromatic heterocycles. The maximum Gasteiger partial charge on any atom is 0.147 e. The lowest BCUT2D eigenvalue weighted by atomic mass is 10.1. The molecule has 1 aromatic carbocycles. The molecule has 3 heteroatoms. The van der Waals surface area contributed by atoms with Crippen LogP contribution in [0.4, 0.5) is 4.39 Å². The Morgan fingerprint density at radius 3 is 2.82 bits per heavy atom. The molecule has 1 aliphatic rings. The smallest absolute Gasteiger partial charge is 0.147 e. The Kier molecular flexibility index (Phi) is 2.26. The molecule has 1 heterocycles. The van der Waals surface area contributed by atoms with E-state index in [4.69, 9.17) is 5.73 Å². The van der Waals surface area contributed by atoms with Crippen LogP contribution in [-0.2, 0) is 13.5 Å². The van der Waals surface area contributed by atoms with Crippen LogP contribution in [0.15, 0.2) is 24.3 Å². The number of rotatable bonds is 3. The first-order valence-corrected chi connectivity index (χ1v) is 6.11. The number of para-hydroxylation sites is 1. The average Bonchev–Trinajstić information content (AvgIpc) is 2.93. The van der Waals surface area contributed by atoms with Crippen molar-refractivity contribution in [1.82, 2.24) is 4.57 Å². The molecule has 1 fully saturated rings. The van der Waals surface area contributed by atoms with E-state index in [1.54, 1.807) is 6.07 Å². The topological polar surface area (TPSA) is 30.9 Å². The van der Waals surface area contributed by atoms with Crippen LogP contribution in [0, 0.1) is 5.82 Å². The number of nitrogens with two attached hydrogens (primary N) is 1. The van der Waals surface area contributed by atoms with Gasteiger partial charge in [-0.05, 0) is 37.8 Å². The largest absolute Gasteiger partial charge is 0.345 e. The monoisotopic (exact) mass is 232 g/mol. The molecular weight excluding hydrogens is 215 g/mol. The summed E-state index contributed by atoms with van der Waals surface area (Å²) in [6, 6.07) is 7.30. The van der Waals surface area contributed by atoms with Crippen LogP contribution in [0.25, 0.3) is 10.9 Å². The summed E-state index contributed by atoms with van der Waals surface area (Å²) in [6.07, 6.45) is 4.19. The quantitative estimate of drug-likeness (QED) is 0.866. The van der Waals surface area contributed by atoms with Crippen molar-refractivity contribution in [3.8, 4) is 0 Å². The summed E-state index contributed by atoms with van der Waals surface area (Å²) in [4.78, 5) is 0. The predicted octanol–water partition coefficient (Wildman–Crippen LogP) is 2.74. The van der Waals surface area contributed by atoms with E-state index in [9.17, 15) is 4.39 Å². The molecule has 1 saturated carbocycles. The first-order chi connectivity index (χ1) is 8.09. The molecule has 2 N–H and O–H groups in total. The van der Waals surface area contributed by atoms with Crippen molar-refractivity contribution in [3.05, 3.63) is 35.8 Å². The number of hydrogen-bond acceptors (Lipinski definition) is 1. The van der Waals surface area contributed by atoms with E-state index in [0.717, 1.165) is 31.1 Å². The van der Waals surface area contributed by atoms with Crippen molar-refractivity contribution < 1.29 is 4.39 Å². The van der Waals surface area contributed by atoms with Crippen LogP contribution in [0.5, 0.6) is 0 Å². The second-order valence-electron chi connectivity index (χ2n) is 5.23. The van der Waals surface area contributed by atoms with E-state index in [0.29, 0.717) is 5.52 Å². The first kappa shape index (κ1) is 10.8. The summed E-state index contributed by atoms with van der Waals surface area (Å²) in [5, 5.41) is 0.976. The third kappa shape index (κ3) is 1.84. The van der Waals surface area contributed by atoms with Crippen molar-refractivity contribution in [2.24, 2.45) is 12.8 Å². The molecule has 17 heavy (non-hydrogen) atoms. The minimum atomic E-state index is -0.148. The standard InChI is InChI=1S/C14H17FN2/c1-17-11(5-6-14(16)7-8-14)9-10-3-2-4-12(15)13(10)17/h2-4,9H,5-8,16H2,1H3. The molecule has 0 amide bonds. The summed E-state index contributed by atoms with van der Waals surface area (Å²) < 4.78 is 15.7. The Morgan fingerprint density at radius 2 is 2.18 bits per heavy atom. The van der Waals surface area contributed by atoms with Gasteiger partial charge < -0.3 is 10.3 Å². The number of aromatic nitrogens is 1. The molecule has 0 aliphatic heterocycles. The third-order valence-electron chi connectivity index (χ3n) is 3.88. The maximum atomic E-state index is 13.7. The summed E-state index contributed by atoms with van der Waals surface area (Å²) >= 11 is 0. The van der Waals surface area contributed by atoms with E-state index in [-0.39, 0.29) is 11.4 Å². The zero-order chi connectivity index (χ0) is 12.0. The number of benzene rings is 1. The van der Waals surface area contributed by atoms with Crippen LogP contribution < -0.4 is 5.73 Å². The highest BCUT2D eigenvalue weighted by Crippen LogP contribution is 2.37. The van der Waals surface area contributed by atoms with Crippen LogP contribution in [0.1, 0.15) is 25.0 Å². The number of aryl methyl sites for hydroxylation is 2. The van der Waals surface area contributed by atoms with Gasteiger partial charge in [-0.1, -0.05) is 12.1 Å². The summed E-state index contributed by atoms with van der Waals surface area (Å²) in [7, 11) is 1.93. The molecule has 3 rings (SSSR count). The van der Waals surface area contributed by atoms with Gasteiger partial charge in [0, 0.05) is 23.7 Å². The molecule has 0 saturated heterocycles. The van der Waals surface area contributed by atoms with Gasteiger partial charge in [0.2, 0.25) is 0 Å². The second-order valence-corrected chi connectivity index (χ2v) is 5.23. The Hall–Kier alpha value is -1.35. The lowest BCUT2D eigenvalue weighted by Gasteiger charge is -2.09. The third-order valence-corrected chi connectivity index (χ3v) is 3.88. The van der Waals surface area contributed by atoms with Gasteiger partial charge in [-0.2, -0.15) is 0 Å². The fourth-order valence-electron chi connectivity index (χ4n) is 2.45. The SMILES string of the molecule is Cn1c(CCC2(N)CC2)cc2cccc(F)c21. The Balaban J connectivity index is 1.94. The lowest BCUT2D eigenvalue weighted by Crippen LogP contribution is -2.22. The minimum absolute atomic E-state index is 0.0645.